The van der Waals surface area contributed by atoms with Crippen molar-refractivity contribution in [3.63, 3.8) is 0 Å². The Morgan fingerprint density at radius 1 is 0.971 bits per heavy atom. The second-order valence-electron chi connectivity index (χ2n) is 7.83. The van der Waals surface area contributed by atoms with Crippen LogP contribution in [-0.4, -0.2) is 36.1 Å². The Hall–Kier alpha value is -3.62. The highest BCUT2D eigenvalue weighted by molar-refractivity contribution is 7.92. The highest BCUT2D eigenvalue weighted by Gasteiger charge is 2.17. The second-order valence-corrected chi connectivity index (χ2v) is 9.95. The van der Waals surface area contributed by atoms with Gasteiger partial charge in [0.05, 0.1) is 17.6 Å². The number of carbonyl (C=O) groups excluding carboxylic acids is 1. The first kappa shape index (κ1) is 23.5. The summed E-state index contributed by atoms with van der Waals surface area (Å²) in [5.74, 6) is -0.217. The van der Waals surface area contributed by atoms with Gasteiger partial charge in [0.15, 0.2) is 0 Å². The number of nitrogens with one attached hydrogen (secondary N) is 1. The van der Waals surface area contributed by atoms with Gasteiger partial charge >= 0.3 is 0 Å². The highest BCUT2D eigenvalue weighted by Crippen LogP contribution is 2.19. The van der Waals surface area contributed by atoms with Crippen LogP contribution in [0.2, 0.25) is 5.02 Å². The summed E-state index contributed by atoms with van der Waals surface area (Å²) in [5, 5.41) is 4.88. The van der Waals surface area contributed by atoms with E-state index in [4.69, 9.17) is 11.6 Å². The molecule has 0 aliphatic heterocycles. The number of aromatic nitrogens is 2. The van der Waals surface area contributed by atoms with Crippen LogP contribution >= 0.6 is 11.6 Å². The van der Waals surface area contributed by atoms with E-state index in [1.165, 1.54) is 24.3 Å². The van der Waals surface area contributed by atoms with Crippen molar-refractivity contribution >= 4 is 33.2 Å². The van der Waals surface area contributed by atoms with Crippen LogP contribution in [0.25, 0.3) is 0 Å². The lowest BCUT2D eigenvalue weighted by atomic mass is 10.2. The SMILES string of the molecule is CN(Cc1cnn(Cc2ccccc2)c1)C(=O)c1ccc(S(=O)(=O)Nc2ccc(Cl)cc2)cc1. The molecule has 0 saturated heterocycles. The van der Waals surface area contributed by atoms with E-state index >= 15 is 0 Å². The van der Waals surface area contributed by atoms with Gasteiger partial charge in [0.1, 0.15) is 0 Å². The van der Waals surface area contributed by atoms with E-state index in [1.54, 1.807) is 42.4 Å². The molecular weight excluding hydrogens is 472 g/mol. The van der Waals surface area contributed by atoms with Gasteiger partial charge < -0.3 is 4.90 Å². The molecule has 4 aromatic rings. The number of sulfonamides is 1. The molecule has 0 aliphatic carbocycles. The molecule has 4 rings (SSSR count). The summed E-state index contributed by atoms with van der Waals surface area (Å²) in [6, 6.07) is 22.2. The maximum atomic E-state index is 12.9. The number of carbonyl (C=O) groups is 1. The molecule has 34 heavy (non-hydrogen) atoms. The van der Waals surface area contributed by atoms with Crippen molar-refractivity contribution in [1.82, 2.24) is 14.7 Å². The predicted molar refractivity (Wildman–Crippen MR) is 132 cm³/mol. The lowest BCUT2D eigenvalue weighted by molar-refractivity contribution is 0.0785. The van der Waals surface area contributed by atoms with E-state index in [1.807, 2.05) is 41.2 Å². The average Bonchev–Trinajstić information content (AvgIpc) is 3.27. The van der Waals surface area contributed by atoms with Crippen LogP contribution in [0.3, 0.4) is 0 Å². The van der Waals surface area contributed by atoms with E-state index in [0.717, 1.165) is 11.1 Å². The molecule has 0 atom stereocenters. The molecule has 0 saturated carbocycles. The Kier molecular flexibility index (Phi) is 7.00. The van der Waals surface area contributed by atoms with Crippen molar-refractivity contribution in [2.24, 2.45) is 0 Å². The maximum Gasteiger partial charge on any atom is 0.261 e. The third-order valence-corrected chi connectivity index (χ3v) is 6.80. The van der Waals surface area contributed by atoms with Gasteiger partial charge in [-0.3, -0.25) is 14.2 Å². The fraction of sp³-hybridized carbons (Fsp3) is 0.120. The molecule has 1 amide bonds. The average molecular weight is 495 g/mol. The summed E-state index contributed by atoms with van der Waals surface area (Å²) in [6.45, 7) is 1.03. The van der Waals surface area contributed by atoms with Gasteiger partial charge in [-0.2, -0.15) is 5.10 Å². The van der Waals surface area contributed by atoms with Gasteiger partial charge in [-0.25, -0.2) is 8.42 Å². The summed E-state index contributed by atoms with van der Waals surface area (Å²) >= 11 is 5.84. The molecular formula is C25H23ClN4O3S. The second kappa shape index (κ2) is 10.1. The fourth-order valence-electron chi connectivity index (χ4n) is 3.42. The number of nitrogens with zero attached hydrogens (tertiary/aromatic N) is 3. The van der Waals surface area contributed by atoms with Crippen molar-refractivity contribution in [2.75, 3.05) is 11.8 Å². The van der Waals surface area contributed by atoms with Crippen molar-refractivity contribution in [2.45, 2.75) is 18.0 Å². The molecule has 0 aliphatic rings. The van der Waals surface area contributed by atoms with E-state index in [2.05, 4.69) is 9.82 Å². The summed E-state index contributed by atoms with van der Waals surface area (Å²) in [4.78, 5) is 14.5. The van der Waals surface area contributed by atoms with Gasteiger partial charge in [0.2, 0.25) is 0 Å². The topological polar surface area (TPSA) is 84.3 Å². The largest absolute Gasteiger partial charge is 0.337 e. The standard InChI is InChI=1S/C25H23ClN4O3S/c1-29(16-20-15-27-30(18-20)17-19-5-3-2-4-6-19)25(31)21-7-13-24(14-8-21)34(32,33)28-23-11-9-22(26)10-12-23/h2-15,18,28H,16-17H2,1H3. The first-order chi connectivity index (χ1) is 16.3. The Morgan fingerprint density at radius 2 is 1.65 bits per heavy atom. The Labute approximate surface area is 203 Å². The summed E-state index contributed by atoms with van der Waals surface area (Å²) in [7, 11) is -2.09. The zero-order valence-electron chi connectivity index (χ0n) is 18.4. The van der Waals surface area contributed by atoms with E-state index < -0.39 is 10.0 Å². The van der Waals surface area contributed by atoms with E-state index in [9.17, 15) is 13.2 Å². The van der Waals surface area contributed by atoms with Crippen LogP contribution in [0.1, 0.15) is 21.5 Å². The van der Waals surface area contributed by atoms with Crippen LogP contribution in [0.5, 0.6) is 0 Å². The van der Waals surface area contributed by atoms with E-state index in [0.29, 0.717) is 29.4 Å². The normalized spacial score (nSPS) is 11.2. The van der Waals surface area contributed by atoms with Crippen molar-refractivity contribution < 1.29 is 13.2 Å². The first-order valence-electron chi connectivity index (χ1n) is 10.5. The minimum atomic E-state index is -3.79. The number of halogens is 1. The molecule has 1 heterocycles. The van der Waals surface area contributed by atoms with Crippen LogP contribution in [0.15, 0.2) is 96.2 Å². The van der Waals surface area contributed by atoms with Gasteiger partial charge in [-0.1, -0.05) is 41.9 Å². The van der Waals surface area contributed by atoms with Crippen LogP contribution < -0.4 is 4.72 Å². The molecule has 9 heteroatoms. The van der Waals surface area contributed by atoms with Gasteiger partial charge in [0, 0.05) is 41.6 Å². The first-order valence-corrected chi connectivity index (χ1v) is 12.4. The molecule has 1 N–H and O–H groups in total. The number of anilines is 1. The number of hydrogen-bond acceptors (Lipinski definition) is 4. The van der Waals surface area contributed by atoms with Crippen LogP contribution in [-0.2, 0) is 23.1 Å². The summed E-state index contributed by atoms with van der Waals surface area (Å²) in [5.41, 5.74) is 2.84. The smallest absolute Gasteiger partial charge is 0.261 e. The summed E-state index contributed by atoms with van der Waals surface area (Å²) < 4.78 is 29.6. The minimum absolute atomic E-state index is 0.0591. The highest BCUT2D eigenvalue weighted by atomic mass is 35.5. The van der Waals surface area contributed by atoms with Crippen LogP contribution in [0.4, 0.5) is 5.69 Å². The number of hydrogen-bond donors (Lipinski definition) is 1. The zero-order valence-corrected chi connectivity index (χ0v) is 20.0. The monoisotopic (exact) mass is 494 g/mol. The minimum Gasteiger partial charge on any atom is -0.337 e. The maximum absolute atomic E-state index is 12.9. The van der Waals surface area contributed by atoms with Gasteiger partial charge in [-0.15, -0.1) is 0 Å². The predicted octanol–water partition coefficient (Wildman–Crippen LogP) is 4.66. The molecule has 3 aromatic carbocycles. The van der Waals surface area contributed by atoms with Crippen molar-refractivity contribution in [1.29, 1.82) is 0 Å². The molecule has 7 nitrogen and oxygen atoms in total. The number of benzene rings is 3. The summed E-state index contributed by atoms with van der Waals surface area (Å²) in [6.07, 6.45) is 3.65. The Bertz CT molecular complexity index is 1370. The van der Waals surface area contributed by atoms with Crippen molar-refractivity contribution in [3.8, 4) is 0 Å². The lowest BCUT2D eigenvalue weighted by Gasteiger charge is -2.16. The molecule has 0 spiro atoms. The molecule has 0 radical (unpaired) electrons. The Balaban J connectivity index is 1.38. The van der Waals surface area contributed by atoms with Gasteiger partial charge in [0.25, 0.3) is 15.9 Å². The molecule has 0 unspecified atom stereocenters. The fourth-order valence-corrected chi connectivity index (χ4v) is 4.60. The lowest BCUT2D eigenvalue weighted by Crippen LogP contribution is -2.26. The molecule has 0 fully saturated rings. The number of amides is 1. The molecule has 0 bridgehead atoms. The van der Waals surface area contributed by atoms with Crippen molar-refractivity contribution in [3.05, 3.63) is 113 Å². The third-order valence-electron chi connectivity index (χ3n) is 5.15. The molecule has 1 aromatic heterocycles. The quantitative estimate of drug-likeness (QED) is 0.386. The molecule has 174 valence electrons. The zero-order chi connectivity index (χ0) is 24.1. The van der Waals surface area contributed by atoms with Gasteiger partial charge in [-0.05, 0) is 54.1 Å². The van der Waals surface area contributed by atoms with E-state index in [-0.39, 0.29) is 10.8 Å². The number of rotatable bonds is 8. The Morgan fingerprint density at radius 3 is 2.32 bits per heavy atom. The third kappa shape index (κ3) is 5.84. The van der Waals surface area contributed by atoms with Crippen LogP contribution in [0, 0.1) is 0 Å².